The number of aromatic nitrogens is 1. The summed E-state index contributed by atoms with van der Waals surface area (Å²) >= 11 is 1.73. The normalized spacial score (nSPS) is 12.9. The molecule has 0 saturated heterocycles. The smallest absolute Gasteiger partial charge is 0.241 e. The first kappa shape index (κ1) is 18.5. The van der Waals surface area contributed by atoms with Gasteiger partial charge < -0.3 is 10.6 Å². The van der Waals surface area contributed by atoms with Crippen LogP contribution in [0.3, 0.4) is 0 Å². The number of rotatable bonds is 5. The predicted octanol–water partition coefficient (Wildman–Crippen LogP) is 4.60. The van der Waals surface area contributed by atoms with Crippen molar-refractivity contribution in [2.24, 2.45) is 0 Å². The summed E-state index contributed by atoms with van der Waals surface area (Å²) in [7, 11) is 0. The van der Waals surface area contributed by atoms with Crippen molar-refractivity contribution in [1.82, 2.24) is 10.3 Å². The molecule has 0 spiro atoms. The fourth-order valence-electron chi connectivity index (χ4n) is 2.84. The Morgan fingerprint density at radius 3 is 2.46 bits per heavy atom. The maximum absolute atomic E-state index is 12.3. The molecule has 5 heteroatoms. The number of thiazole rings is 1. The van der Waals surface area contributed by atoms with Gasteiger partial charge in [0.05, 0.1) is 21.3 Å². The number of hydrogen-bond acceptors (Lipinski definition) is 4. The minimum Gasteiger partial charge on any atom is -0.325 e. The topological polar surface area (TPSA) is 54.0 Å². The number of carbonyl (C=O) groups is 1. The van der Waals surface area contributed by atoms with Gasteiger partial charge in [0.1, 0.15) is 0 Å². The Morgan fingerprint density at radius 1 is 1.12 bits per heavy atom. The Balaban J connectivity index is 1.62. The fourth-order valence-corrected chi connectivity index (χ4v) is 3.84. The molecule has 0 fully saturated rings. The number of anilines is 1. The molecule has 1 heterocycles. The first-order valence-electron chi connectivity index (χ1n) is 8.82. The number of benzene rings is 2. The average molecular weight is 368 g/mol. The molecule has 2 N–H and O–H groups in total. The van der Waals surface area contributed by atoms with Crippen LogP contribution in [0.5, 0.6) is 0 Å². The summed E-state index contributed by atoms with van der Waals surface area (Å²) < 4.78 is 1.21. The number of hydrogen-bond donors (Lipinski definition) is 2. The van der Waals surface area contributed by atoms with Gasteiger partial charge in [0, 0.05) is 17.6 Å². The van der Waals surface area contributed by atoms with E-state index >= 15 is 0 Å². The molecule has 26 heavy (non-hydrogen) atoms. The SMILES string of the molecule is CC(NC(C)(C)C)C(=O)Nc1ccc(Cc2nc3ccccc3s2)cc1. The highest BCUT2D eigenvalue weighted by Gasteiger charge is 2.19. The molecule has 1 unspecified atom stereocenters. The van der Waals surface area contributed by atoms with Crippen LogP contribution in [0.2, 0.25) is 0 Å². The monoisotopic (exact) mass is 367 g/mol. The molecule has 0 aliphatic carbocycles. The lowest BCUT2D eigenvalue weighted by Crippen LogP contribution is -2.47. The van der Waals surface area contributed by atoms with Crippen molar-refractivity contribution in [2.75, 3.05) is 5.32 Å². The van der Waals surface area contributed by atoms with Gasteiger partial charge in [-0.15, -0.1) is 11.3 Å². The second-order valence-corrected chi connectivity index (χ2v) is 8.67. The lowest BCUT2D eigenvalue weighted by molar-refractivity contribution is -0.118. The van der Waals surface area contributed by atoms with Gasteiger partial charge in [0.25, 0.3) is 0 Å². The Labute approximate surface area is 158 Å². The van der Waals surface area contributed by atoms with Gasteiger partial charge in [-0.2, -0.15) is 0 Å². The summed E-state index contributed by atoms with van der Waals surface area (Å²) in [5.41, 5.74) is 2.95. The van der Waals surface area contributed by atoms with Gasteiger partial charge >= 0.3 is 0 Å². The molecule has 0 aliphatic heterocycles. The van der Waals surface area contributed by atoms with Crippen LogP contribution in [-0.4, -0.2) is 22.5 Å². The lowest BCUT2D eigenvalue weighted by atomic mass is 10.1. The maximum Gasteiger partial charge on any atom is 0.241 e. The van der Waals surface area contributed by atoms with E-state index in [-0.39, 0.29) is 17.5 Å². The average Bonchev–Trinajstić information content (AvgIpc) is 2.97. The number of fused-ring (bicyclic) bond motifs is 1. The zero-order chi connectivity index (χ0) is 18.7. The van der Waals surface area contributed by atoms with Gasteiger partial charge in [-0.1, -0.05) is 24.3 Å². The minimum absolute atomic E-state index is 0.0288. The largest absolute Gasteiger partial charge is 0.325 e. The van der Waals surface area contributed by atoms with Crippen molar-refractivity contribution in [1.29, 1.82) is 0 Å². The van der Waals surface area contributed by atoms with E-state index < -0.39 is 0 Å². The molecular formula is C21H25N3OS. The van der Waals surface area contributed by atoms with E-state index in [4.69, 9.17) is 0 Å². The van der Waals surface area contributed by atoms with Crippen LogP contribution in [0.1, 0.15) is 38.3 Å². The maximum atomic E-state index is 12.3. The van der Waals surface area contributed by atoms with E-state index in [1.54, 1.807) is 11.3 Å². The van der Waals surface area contributed by atoms with Crippen molar-refractivity contribution < 1.29 is 4.79 Å². The highest BCUT2D eigenvalue weighted by atomic mass is 32.1. The highest BCUT2D eigenvalue weighted by molar-refractivity contribution is 7.18. The Kier molecular flexibility index (Phi) is 5.39. The summed E-state index contributed by atoms with van der Waals surface area (Å²) in [5, 5.41) is 7.34. The number of nitrogens with one attached hydrogen (secondary N) is 2. The lowest BCUT2D eigenvalue weighted by Gasteiger charge is -2.25. The minimum atomic E-state index is -0.252. The molecule has 1 aromatic heterocycles. The van der Waals surface area contributed by atoms with E-state index in [2.05, 4.69) is 21.7 Å². The summed E-state index contributed by atoms with van der Waals surface area (Å²) in [4.78, 5) is 17.0. The molecule has 136 valence electrons. The fraction of sp³-hybridized carbons (Fsp3) is 0.333. The first-order valence-corrected chi connectivity index (χ1v) is 9.64. The number of nitrogens with zero attached hydrogens (tertiary/aromatic N) is 1. The van der Waals surface area contributed by atoms with Gasteiger partial charge in [-0.05, 0) is 57.5 Å². The van der Waals surface area contributed by atoms with Gasteiger partial charge in [-0.25, -0.2) is 4.98 Å². The van der Waals surface area contributed by atoms with E-state index in [0.29, 0.717) is 0 Å². The van der Waals surface area contributed by atoms with Crippen molar-refractivity contribution in [2.45, 2.75) is 45.7 Å². The van der Waals surface area contributed by atoms with Gasteiger partial charge in [0.2, 0.25) is 5.91 Å². The molecular weight excluding hydrogens is 342 g/mol. The number of para-hydroxylation sites is 1. The zero-order valence-corrected chi connectivity index (χ0v) is 16.5. The van der Waals surface area contributed by atoms with Crippen molar-refractivity contribution in [3.05, 3.63) is 59.1 Å². The number of carbonyl (C=O) groups excluding carboxylic acids is 1. The third-order valence-electron chi connectivity index (χ3n) is 3.96. The molecule has 1 amide bonds. The Bertz CT molecular complexity index is 861. The predicted molar refractivity (Wildman–Crippen MR) is 110 cm³/mol. The van der Waals surface area contributed by atoms with E-state index in [1.807, 2.05) is 70.2 Å². The second-order valence-electron chi connectivity index (χ2n) is 7.55. The van der Waals surface area contributed by atoms with Crippen LogP contribution >= 0.6 is 11.3 Å². The summed E-state index contributed by atoms with van der Waals surface area (Å²) in [6.45, 7) is 8.02. The summed E-state index contributed by atoms with van der Waals surface area (Å²) in [6, 6.07) is 15.9. The third-order valence-corrected chi connectivity index (χ3v) is 4.99. The van der Waals surface area contributed by atoms with Crippen LogP contribution in [0.25, 0.3) is 10.2 Å². The Morgan fingerprint density at radius 2 is 1.81 bits per heavy atom. The molecule has 0 radical (unpaired) electrons. The molecule has 0 aliphatic rings. The highest BCUT2D eigenvalue weighted by Crippen LogP contribution is 2.24. The second kappa shape index (κ2) is 7.56. The standard InChI is InChI=1S/C21H25N3OS/c1-14(24-21(2,3)4)20(25)22-16-11-9-15(10-12-16)13-19-23-17-7-5-6-8-18(17)26-19/h5-12,14,24H,13H2,1-4H3,(H,22,25). The van der Waals surface area contributed by atoms with Gasteiger partial charge in [0.15, 0.2) is 0 Å². The van der Waals surface area contributed by atoms with E-state index in [1.165, 1.54) is 10.3 Å². The van der Waals surface area contributed by atoms with Gasteiger partial charge in [-0.3, -0.25) is 4.79 Å². The third kappa shape index (κ3) is 4.90. The first-order chi connectivity index (χ1) is 12.3. The summed E-state index contributed by atoms with van der Waals surface area (Å²) in [6.07, 6.45) is 0.801. The van der Waals surface area contributed by atoms with Crippen LogP contribution in [0, 0.1) is 0 Å². The molecule has 4 nitrogen and oxygen atoms in total. The molecule has 1 atom stereocenters. The Hall–Kier alpha value is -2.24. The molecule has 0 bridgehead atoms. The van der Waals surface area contributed by atoms with Crippen LogP contribution in [0.15, 0.2) is 48.5 Å². The molecule has 0 saturated carbocycles. The quantitative estimate of drug-likeness (QED) is 0.693. The van der Waals surface area contributed by atoms with E-state index in [9.17, 15) is 4.79 Å². The van der Waals surface area contributed by atoms with Crippen molar-refractivity contribution >= 4 is 33.1 Å². The molecule has 2 aromatic carbocycles. The zero-order valence-electron chi connectivity index (χ0n) is 15.7. The molecule has 3 aromatic rings. The van der Waals surface area contributed by atoms with Crippen molar-refractivity contribution in [3.63, 3.8) is 0 Å². The number of amides is 1. The van der Waals surface area contributed by atoms with Crippen LogP contribution < -0.4 is 10.6 Å². The summed E-state index contributed by atoms with van der Waals surface area (Å²) in [5.74, 6) is -0.0288. The van der Waals surface area contributed by atoms with E-state index in [0.717, 1.165) is 22.6 Å². The van der Waals surface area contributed by atoms with Crippen LogP contribution in [-0.2, 0) is 11.2 Å². The van der Waals surface area contributed by atoms with Crippen LogP contribution in [0.4, 0.5) is 5.69 Å². The molecule has 3 rings (SSSR count). The van der Waals surface area contributed by atoms with Crippen molar-refractivity contribution in [3.8, 4) is 0 Å².